The Morgan fingerprint density at radius 2 is 2.11 bits per heavy atom. The Bertz CT molecular complexity index is 160. The number of hydrogen-bond donors (Lipinski definition) is 0. The summed E-state index contributed by atoms with van der Waals surface area (Å²) in [7, 11) is 0. The van der Waals surface area contributed by atoms with Crippen LogP contribution in [0.25, 0.3) is 0 Å². The molecule has 0 radical (unpaired) electrons. The van der Waals surface area contributed by atoms with Crippen LogP contribution >= 0.6 is 11.8 Å². The fourth-order valence-electron chi connectivity index (χ4n) is 0.268. The van der Waals surface area contributed by atoms with Crippen molar-refractivity contribution >= 4 is 11.8 Å². The normalized spacial score (nSPS) is 6.44. The molecule has 0 aromatic rings. The van der Waals surface area contributed by atoms with Crippen LogP contribution in [0.3, 0.4) is 0 Å². The van der Waals surface area contributed by atoms with Gasteiger partial charge in [0, 0.05) is 6.42 Å². The zero-order valence-electron chi connectivity index (χ0n) is 5.82. The summed E-state index contributed by atoms with van der Waals surface area (Å²) in [6.45, 7) is 3.88. The summed E-state index contributed by atoms with van der Waals surface area (Å²) < 4.78 is 0. The zero-order valence-corrected chi connectivity index (χ0v) is 6.64. The van der Waals surface area contributed by atoms with Gasteiger partial charge in [-0.25, -0.2) is 0 Å². The molecule has 1 heteroatoms. The molecule has 0 aliphatic heterocycles. The van der Waals surface area contributed by atoms with Crippen molar-refractivity contribution in [2.45, 2.75) is 20.3 Å². The Kier molecular flexibility index (Phi) is 7.03. The van der Waals surface area contributed by atoms with Gasteiger partial charge in [0.1, 0.15) is 0 Å². The first-order valence-corrected chi connectivity index (χ1v) is 3.89. The number of thioether (sulfide) groups is 1. The fourth-order valence-corrected chi connectivity index (χ4v) is 0.803. The summed E-state index contributed by atoms with van der Waals surface area (Å²) in [4.78, 5) is 0. The van der Waals surface area contributed by atoms with E-state index in [4.69, 9.17) is 0 Å². The highest BCUT2D eigenvalue weighted by atomic mass is 32.2. The van der Waals surface area contributed by atoms with E-state index in [-0.39, 0.29) is 0 Å². The van der Waals surface area contributed by atoms with Gasteiger partial charge in [-0.2, -0.15) is 0 Å². The minimum Gasteiger partial charge on any atom is -0.106 e. The molecule has 0 fully saturated rings. The first-order valence-electron chi connectivity index (χ1n) is 2.91. The molecule has 0 aliphatic rings. The highest BCUT2D eigenvalue weighted by molar-refractivity contribution is 8.04. The van der Waals surface area contributed by atoms with Crippen LogP contribution in [0.1, 0.15) is 20.3 Å². The summed E-state index contributed by atoms with van der Waals surface area (Å²) in [5, 5.41) is 2.93. The van der Waals surface area contributed by atoms with Gasteiger partial charge in [0.2, 0.25) is 0 Å². The van der Waals surface area contributed by atoms with Crippen molar-refractivity contribution in [1.29, 1.82) is 0 Å². The summed E-state index contributed by atoms with van der Waals surface area (Å²) in [6.07, 6.45) is 0.937. The highest BCUT2D eigenvalue weighted by Gasteiger charge is 1.70. The molecule has 0 spiro atoms. The van der Waals surface area contributed by atoms with Crippen LogP contribution in [0.4, 0.5) is 0 Å². The van der Waals surface area contributed by atoms with E-state index in [0.29, 0.717) is 0 Å². The van der Waals surface area contributed by atoms with E-state index in [0.717, 1.165) is 12.2 Å². The van der Waals surface area contributed by atoms with E-state index in [9.17, 15) is 0 Å². The third-order valence-electron chi connectivity index (χ3n) is 0.642. The van der Waals surface area contributed by atoms with Crippen LogP contribution in [0.2, 0.25) is 0 Å². The summed E-state index contributed by atoms with van der Waals surface area (Å²) in [6, 6.07) is 0. The molecule has 0 saturated heterocycles. The lowest BCUT2D eigenvalue weighted by Crippen LogP contribution is -1.64. The van der Waals surface area contributed by atoms with Crippen LogP contribution in [0.5, 0.6) is 0 Å². The third-order valence-corrected chi connectivity index (χ3v) is 1.22. The largest absolute Gasteiger partial charge is 0.106 e. The standard InChI is InChI=1S/C8H10S/c1-3-5-7-9-8-6-4-2/h3,8H2,1-2H3. The maximum absolute atomic E-state index is 2.95. The molecule has 0 aliphatic carbocycles. The summed E-state index contributed by atoms with van der Waals surface area (Å²) in [5.74, 6) is 9.51. The van der Waals surface area contributed by atoms with E-state index in [2.05, 4.69) is 23.0 Å². The first-order chi connectivity index (χ1) is 4.41. The monoisotopic (exact) mass is 138 g/mol. The molecule has 9 heavy (non-hydrogen) atoms. The third kappa shape index (κ3) is 7.47. The molecule has 0 unspecified atom stereocenters. The van der Waals surface area contributed by atoms with Gasteiger partial charge >= 0.3 is 0 Å². The zero-order chi connectivity index (χ0) is 6.95. The van der Waals surface area contributed by atoms with Crippen molar-refractivity contribution in [3.63, 3.8) is 0 Å². The average Bonchev–Trinajstić information content (AvgIpc) is 1.89. The number of rotatable bonds is 1. The average molecular weight is 138 g/mol. The second kappa shape index (κ2) is 7.47. The molecule has 0 nitrogen and oxygen atoms in total. The molecule has 0 bridgehead atoms. The molecule has 0 N–H and O–H groups in total. The number of hydrogen-bond acceptors (Lipinski definition) is 1. The van der Waals surface area contributed by atoms with Crippen molar-refractivity contribution in [2.75, 3.05) is 5.75 Å². The maximum Gasteiger partial charge on any atom is 0.0670 e. The summed E-state index contributed by atoms with van der Waals surface area (Å²) >= 11 is 1.57. The van der Waals surface area contributed by atoms with Crippen LogP contribution in [-0.4, -0.2) is 5.75 Å². The predicted molar refractivity (Wildman–Crippen MR) is 44.0 cm³/mol. The molecule has 0 atom stereocenters. The van der Waals surface area contributed by atoms with E-state index in [1.165, 1.54) is 0 Å². The Morgan fingerprint density at radius 3 is 2.67 bits per heavy atom. The van der Waals surface area contributed by atoms with Gasteiger partial charge in [0.25, 0.3) is 0 Å². The Balaban J connectivity index is 3.15. The molecular weight excluding hydrogens is 128 g/mol. The first kappa shape index (κ1) is 8.47. The van der Waals surface area contributed by atoms with Crippen molar-refractivity contribution in [3.8, 4) is 23.0 Å². The molecule has 48 valence electrons. The van der Waals surface area contributed by atoms with E-state index in [1.807, 2.05) is 13.8 Å². The van der Waals surface area contributed by atoms with Crippen LogP contribution in [0, 0.1) is 23.0 Å². The van der Waals surface area contributed by atoms with Crippen molar-refractivity contribution in [3.05, 3.63) is 0 Å². The second-order valence-corrected chi connectivity index (χ2v) is 2.13. The van der Waals surface area contributed by atoms with Gasteiger partial charge in [-0.15, -0.1) is 5.92 Å². The minimum absolute atomic E-state index is 0.837. The molecule has 0 aromatic carbocycles. The second-order valence-electron chi connectivity index (χ2n) is 1.35. The van der Waals surface area contributed by atoms with Gasteiger partial charge in [-0.05, 0) is 12.2 Å². The molecule has 0 rings (SSSR count). The predicted octanol–water partition coefficient (Wildman–Crippen LogP) is 2.11. The minimum atomic E-state index is 0.837. The van der Waals surface area contributed by atoms with Crippen molar-refractivity contribution in [1.82, 2.24) is 0 Å². The Hall–Kier alpha value is -0.530. The van der Waals surface area contributed by atoms with Crippen molar-refractivity contribution in [2.24, 2.45) is 0 Å². The van der Waals surface area contributed by atoms with Gasteiger partial charge in [0.05, 0.1) is 5.75 Å². The molecule has 0 saturated carbocycles. The van der Waals surface area contributed by atoms with Gasteiger partial charge in [-0.3, -0.25) is 0 Å². The Labute approximate surface area is 61.4 Å². The van der Waals surface area contributed by atoms with E-state index < -0.39 is 0 Å². The Morgan fingerprint density at radius 1 is 1.33 bits per heavy atom. The molecule has 0 heterocycles. The molecule has 0 amide bonds. The molecule has 0 aromatic heterocycles. The smallest absolute Gasteiger partial charge is 0.0670 e. The van der Waals surface area contributed by atoms with Gasteiger partial charge < -0.3 is 0 Å². The lowest BCUT2D eigenvalue weighted by molar-refractivity contribution is 1.28. The fraction of sp³-hybridized carbons (Fsp3) is 0.500. The quantitative estimate of drug-likeness (QED) is 0.395. The SMILES string of the molecule is CC#CCSC#CCC. The van der Waals surface area contributed by atoms with Gasteiger partial charge in [0.15, 0.2) is 0 Å². The topological polar surface area (TPSA) is 0 Å². The van der Waals surface area contributed by atoms with E-state index >= 15 is 0 Å². The van der Waals surface area contributed by atoms with Crippen molar-refractivity contribution < 1.29 is 0 Å². The van der Waals surface area contributed by atoms with Crippen LogP contribution in [-0.2, 0) is 0 Å². The maximum atomic E-state index is 2.95. The van der Waals surface area contributed by atoms with Gasteiger partial charge in [-0.1, -0.05) is 30.5 Å². The lowest BCUT2D eigenvalue weighted by Gasteiger charge is -1.75. The molecular formula is C8H10S. The van der Waals surface area contributed by atoms with E-state index in [1.54, 1.807) is 11.8 Å². The summed E-state index contributed by atoms with van der Waals surface area (Å²) in [5.41, 5.74) is 0. The highest BCUT2D eigenvalue weighted by Crippen LogP contribution is 1.92. The lowest BCUT2D eigenvalue weighted by atomic mass is 10.5. The van der Waals surface area contributed by atoms with Crippen LogP contribution < -0.4 is 0 Å². The van der Waals surface area contributed by atoms with Crippen LogP contribution in [0.15, 0.2) is 0 Å².